The van der Waals surface area contributed by atoms with Gasteiger partial charge in [0, 0.05) is 88.9 Å². The number of nitrogens with zero attached hydrogens (tertiary/aromatic N) is 7. The number of benzene rings is 3. The van der Waals surface area contributed by atoms with Crippen LogP contribution in [-0.4, -0.2) is 122 Å². The minimum absolute atomic E-state index is 0.0526. The van der Waals surface area contributed by atoms with Gasteiger partial charge in [0.15, 0.2) is 0 Å². The summed E-state index contributed by atoms with van der Waals surface area (Å²) in [5, 5.41) is 9.68. The van der Waals surface area contributed by atoms with Crippen LogP contribution in [0.15, 0.2) is 72.9 Å². The molecule has 16 nitrogen and oxygen atoms in total. The SMILES string of the molecule is CS(=O)(=O)N1CCc2cccc(Nc3nc(Nc4ccc(N5CCC(N6CCN(C(=O)[C@@H]7CCN(c8ccc(C9CCC(=O)NC9=O)cc8)C7)CC6)CC5)c(F)c4)nc4[nH]ccc34)c21. The Bertz CT molecular complexity index is 2720. The number of halogens is 1. The van der Waals surface area contributed by atoms with E-state index >= 15 is 4.39 Å². The summed E-state index contributed by atoms with van der Waals surface area (Å²) in [7, 11) is -3.48. The Hall–Kier alpha value is -6.27. The summed E-state index contributed by atoms with van der Waals surface area (Å²) in [6.07, 6.45) is 7.07. The number of para-hydroxylation sites is 1. The number of fused-ring (bicyclic) bond motifs is 2. The van der Waals surface area contributed by atoms with Crippen LogP contribution in [0.5, 0.6) is 0 Å². The molecule has 2 aromatic heterocycles. The molecule has 5 aliphatic rings. The van der Waals surface area contributed by atoms with Gasteiger partial charge < -0.3 is 30.3 Å². The standard InChI is InChI=1S/C46H52FN11O5S/c1-64(62,63)58-22-15-30-3-2-4-38(41(30)58)50-43-36-13-18-48-42(36)52-46(53-43)49-32-7-11-39(37(47)27-32)55-20-16-34(17-21-55)54-23-25-56(26-24-54)45(61)31-14-19-57(28-31)33-8-5-29(6-9-33)35-10-12-40(59)51-44(35)60/h2-9,11,13,18,27,31,34-35H,10,12,14-17,19-26,28H2,1H3,(H,51,59,60)(H3,48,49,50,52,53)/t31-,35?/m1/s1. The highest BCUT2D eigenvalue weighted by molar-refractivity contribution is 7.92. The minimum atomic E-state index is -3.48. The van der Waals surface area contributed by atoms with Crippen molar-refractivity contribution in [2.45, 2.75) is 50.5 Å². The molecule has 5 aliphatic heterocycles. The number of aromatic nitrogens is 3. The quantitative estimate of drug-likeness (QED) is 0.137. The van der Waals surface area contributed by atoms with Crippen molar-refractivity contribution >= 4 is 79.0 Å². The monoisotopic (exact) mass is 889 g/mol. The van der Waals surface area contributed by atoms with E-state index in [1.807, 2.05) is 59.5 Å². The molecule has 10 rings (SSSR count). The Morgan fingerprint density at radius 3 is 2.36 bits per heavy atom. The highest BCUT2D eigenvalue weighted by Crippen LogP contribution is 2.40. The summed E-state index contributed by atoms with van der Waals surface area (Å²) < 4.78 is 42.5. The molecule has 4 fully saturated rings. The zero-order valence-corrected chi connectivity index (χ0v) is 36.5. The van der Waals surface area contributed by atoms with Crippen molar-refractivity contribution in [3.63, 3.8) is 0 Å². The maximum absolute atomic E-state index is 15.8. The van der Waals surface area contributed by atoms with E-state index in [-0.39, 0.29) is 41.3 Å². The normalized spacial score (nSPS) is 21.1. The molecule has 5 aromatic rings. The number of piperazine rings is 1. The summed E-state index contributed by atoms with van der Waals surface area (Å²) in [6.45, 7) is 6.35. The number of sulfonamides is 1. The molecule has 0 saturated carbocycles. The van der Waals surface area contributed by atoms with Gasteiger partial charge in [0.2, 0.25) is 33.7 Å². The lowest BCUT2D eigenvalue weighted by atomic mass is 9.90. The second-order valence-electron chi connectivity index (χ2n) is 17.6. The van der Waals surface area contributed by atoms with Crippen molar-refractivity contribution in [1.82, 2.24) is 30.1 Å². The summed E-state index contributed by atoms with van der Waals surface area (Å²) in [5.74, 6) is -0.214. The number of hydrogen-bond acceptors (Lipinski definition) is 12. The van der Waals surface area contributed by atoms with Crippen molar-refractivity contribution in [3.05, 3.63) is 89.9 Å². The third-order valence-corrected chi connectivity index (χ3v) is 14.8. The van der Waals surface area contributed by atoms with Gasteiger partial charge in [-0.05, 0) is 85.7 Å². The van der Waals surface area contributed by atoms with Gasteiger partial charge in [-0.2, -0.15) is 9.97 Å². The van der Waals surface area contributed by atoms with Crippen LogP contribution in [0.2, 0.25) is 0 Å². The van der Waals surface area contributed by atoms with Crippen LogP contribution in [0, 0.1) is 11.7 Å². The van der Waals surface area contributed by atoms with Gasteiger partial charge in [-0.25, -0.2) is 12.8 Å². The second kappa shape index (κ2) is 17.0. The molecular formula is C46H52FN11O5S. The Labute approximate surface area is 371 Å². The number of H-pyrrole nitrogens is 1. The first-order chi connectivity index (χ1) is 30.9. The molecule has 3 amide bonds. The van der Waals surface area contributed by atoms with Crippen LogP contribution >= 0.6 is 0 Å². The first-order valence-electron chi connectivity index (χ1n) is 22.2. The molecule has 64 heavy (non-hydrogen) atoms. The lowest BCUT2D eigenvalue weighted by Gasteiger charge is -2.43. The molecule has 1 unspecified atom stereocenters. The predicted octanol–water partition coefficient (Wildman–Crippen LogP) is 5.07. The number of amides is 3. The fourth-order valence-corrected chi connectivity index (χ4v) is 11.2. The Morgan fingerprint density at radius 1 is 0.828 bits per heavy atom. The largest absolute Gasteiger partial charge is 0.371 e. The maximum atomic E-state index is 15.8. The van der Waals surface area contributed by atoms with Crippen LogP contribution in [0.1, 0.15) is 49.1 Å². The van der Waals surface area contributed by atoms with Gasteiger partial charge in [0.25, 0.3) is 0 Å². The van der Waals surface area contributed by atoms with E-state index in [4.69, 9.17) is 4.98 Å². The number of imide groups is 1. The third-order valence-electron chi connectivity index (χ3n) is 13.6. The van der Waals surface area contributed by atoms with E-state index < -0.39 is 10.0 Å². The molecule has 3 aromatic carbocycles. The zero-order valence-electron chi connectivity index (χ0n) is 35.7. The third kappa shape index (κ3) is 8.31. The van der Waals surface area contributed by atoms with Crippen molar-refractivity contribution in [2.75, 3.05) is 89.9 Å². The molecule has 0 radical (unpaired) electrons. The lowest BCUT2D eigenvalue weighted by Crippen LogP contribution is -2.55. The topological polar surface area (TPSA) is 179 Å². The molecule has 2 atom stereocenters. The lowest BCUT2D eigenvalue weighted by molar-refractivity contribution is -0.137. The molecule has 334 valence electrons. The second-order valence-corrected chi connectivity index (χ2v) is 19.5. The van der Waals surface area contributed by atoms with E-state index in [1.165, 1.54) is 16.6 Å². The van der Waals surface area contributed by atoms with E-state index in [1.54, 1.807) is 12.3 Å². The van der Waals surface area contributed by atoms with Crippen molar-refractivity contribution in [3.8, 4) is 0 Å². The number of rotatable bonds is 10. The number of piperidine rings is 2. The van der Waals surface area contributed by atoms with Gasteiger partial charge >= 0.3 is 0 Å². The molecule has 7 heterocycles. The van der Waals surface area contributed by atoms with Gasteiger partial charge in [0.05, 0.1) is 40.5 Å². The number of nitrogens with one attached hydrogen (secondary N) is 4. The highest BCUT2D eigenvalue weighted by Gasteiger charge is 2.36. The van der Waals surface area contributed by atoms with E-state index in [0.29, 0.717) is 85.7 Å². The summed E-state index contributed by atoms with van der Waals surface area (Å²) in [4.78, 5) is 58.9. The minimum Gasteiger partial charge on any atom is -0.371 e. The molecule has 4 N–H and O–H groups in total. The zero-order chi connectivity index (χ0) is 44.1. The molecule has 4 saturated heterocycles. The average molecular weight is 890 g/mol. The average Bonchev–Trinajstić information content (AvgIpc) is 4.08. The molecular weight excluding hydrogens is 838 g/mol. The highest BCUT2D eigenvalue weighted by atomic mass is 32.2. The summed E-state index contributed by atoms with van der Waals surface area (Å²) in [6, 6.07) is 20.9. The Balaban J connectivity index is 0.711. The van der Waals surface area contributed by atoms with Crippen LogP contribution in [0.4, 0.5) is 44.6 Å². The van der Waals surface area contributed by atoms with Gasteiger partial charge in [-0.15, -0.1) is 0 Å². The fourth-order valence-electron chi connectivity index (χ4n) is 10.2. The van der Waals surface area contributed by atoms with Crippen molar-refractivity contribution in [1.29, 1.82) is 0 Å². The van der Waals surface area contributed by atoms with Gasteiger partial charge in [-0.1, -0.05) is 24.3 Å². The van der Waals surface area contributed by atoms with Crippen LogP contribution in [0.25, 0.3) is 11.0 Å². The number of carbonyl (C=O) groups excluding carboxylic acids is 3. The van der Waals surface area contributed by atoms with E-state index in [2.05, 4.69) is 40.6 Å². The van der Waals surface area contributed by atoms with Gasteiger partial charge in [-0.3, -0.25) is 28.9 Å². The fraction of sp³-hybridized carbons (Fsp3) is 0.413. The first kappa shape index (κ1) is 41.7. The molecule has 18 heteroatoms. The van der Waals surface area contributed by atoms with E-state index in [0.717, 1.165) is 74.2 Å². The number of carbonyl (C=O) groups is 3. The summed E-state index contributed by atoms with van der Waals surface area (Å²) in [5.41, 5.74) is 5.72. The predicted molar refractivity (Wildman–Crippen MR) is 244 cm³/mol. The van der Waals surface area contributed by atoms with Crippen LogP contribution in [-0.2, 0) is 30.8 Å². The Morgan fingerprint density at radius 2 is 1.61 bits per heavy atom. The van der Waals surface area contributed by atoms with Crippen LogP contribution in [0.3, 0.4) is 0 Å². The maximum Gasteiger partial charge on any atom is 0.234 e. The molecule has 0 aliphatic carbocycles. The Kier molecular flexibility index (Phi) is 11.1. The van der Waals surface area contributed by atoms with E-state index in [9.17, 15) is 22.8 Å². The number of anilines is 7. The van der Waals surface area contributed by atoms with Crippen LogP contribution < -0.4 is 30.1 Å². The number of hydrogen-bond donors (Lipinski definition) is 4. The first-order valence-corrected chi connectivity index (χ1v) is 24.0. The molecule has 0 bridgehead atoms. The van der Waals surface area contributed by atoms with Crippen molar-refractivity contribution < 1.29 is 27.2 Å². The van der Waals surface area contributed by atoms with Gasteiger partial charge in [0.1, 0.15) is 17.3 Å². The molecule has 0 spiro atoms. The number of aromatic amines is 1. The van der Waals surface area contributed by atoms with Crippen molar-refractivity contribution in [2.24, 2.45) is 5.92 Å². The summed E-state index contributed by atoms with van der Waals surface area (Å²) >= 11 is 0. The smallest absolute Gasteiger partial charge is 0.234 e.